The van der Waals surface area contributed by atoms with E-state index in [0.29, 0.717) is 10.7 Å². The third-order valence-corrected chi connectivity index (χ3v) is 4.27. The Bertz CT molecular complexity index is 945. The summed E-state index contributed by atoms with van der Waals surface area (Å²) in [6, 6.07) is 12.9. The molecule has 1 amide bonds. The summed E-state index contributed by atoms with van der Waals surface area (Å²) in [7, 11) is 0. The Balaban J connectivity index is 1.79. The molecule has 1 heterocycles. The van der Waals surface area contributed by atoms with Crippen molar-refractivity contribution in [1.29, 1.82) is 0 Å². The molecule has 0 aliphatic carbocycles. The molecule has 3 nitrogen and oxygen atoms in total. The number of carbonyl (C=O) groups is 1. The van der Waals surface area contributed by atoms with Gasteiger partial charge in [0.1, 0.15) is 11.6 Å². The maximum atomic E-state index is 14.5. The largest absolute Gasteiger partial charge is 0.346 e. The average Bonchev–Trinajstić information content (AvgIpc) is 2.63. The highest BCUT2D eigenvalue weighted by Crippen LogP contribution is 2.28. The first-order valence-corrected chi connectivity index (χ1v) is 8.30. The zero-order chi connectivity index (χ0) is 18.7. The van der Waals surface area contributed by atoms with E-state index in [9.17, 15) is 13.6 Å². The monoisotopic (exact) mass is 372 g/mol. The van der Waals surface area contributed by atoms with Crippen LogP contribution in [0.1, 0.15) is 28.9 Å². The van der Waals surface area contributed by atoms with E-state index in [-0.39, 0.29) is 23.0 Å². The number of hydrogen-bond acceptors (Lipinski definition) is 2. The molecular weight excluding hydrogens is 358 g/mol. The lowest BCUT2D eigenvalue weighted by molar-refractivity contribution is 0.0939. The number of nitrogens with one attached hydrogen (secondary N) is 1. The van der Waals surface area contributed by atoms with Gasteiger partial charge in [-0.25, -0.2) is 8.78 Å². The molecule has 3 aromatic rings. The topological polar surface area (TPSA) is 42.0 Å². The Morgan fingerprint density at radius 2 is 1.85 bits per heavy atom. The number of carbonyl (C=O) groups excluding carboxylic acids is 1. The maximum absolute atomic E-state index is 14.5. The zero-order valence-corrected chi connectivity index (χ0v) is 14.6. The molecular formula is C20H15ClF2N2O. The highest BCUT2D eigenvalue weighted by Gasteiger charge is 2.16. The van der Waals surface area contributed by atoms with Crippen LogP contribution in [-0.4, -0.2) is 10.9 Å². The fourth-order valence-corrected chi connectivity index (χ4v) is 2.77. The van der Waals surface area contributed by atoms with Gasteiger partial charge in [-0.05, 0) is 55.0 Å². The SMILES string of the molecule is CC(NC(=O)c1ccc(-c2ncccc2Cl)c(F)c1)c1ccc(F)cc1. The van der Waals surface area contributed by atoms with Crippen LogP contribution < -0.4 is 5.32 Å². The summed E-state index contributed by atoms with van der Waals surface area (Å²) in [6.07, 6.45) is 1.52. The van der Waals surface area contributed by atoms with E-state index in [0.717, 1.165) is 11.6 Å². The highest BCUT2D eigenvalue weighted by atomic mass is 35.5. The highest BCUT2D eigenvalue weighted by molar-refractivity contribution is 6.33. The van der Waals surface area contributed by atoms with Crippen molar-refractivity contribution in [3.05, 3.63) is 88.6 Å². The van der Waals surface area contributed by atoms with Crippen molar-refractivity contribution >= 4 is 17.5 Å². The molecule has 6 heteroatoms. The average molecular weight is 373 g/mol. The number of aromatic nitrogens is 1. The summed E-state index contributed by atoms with van der Waals surface area (Å²) in [5.41, 5.74) is 1.46. The van der Waals surface area contributed by atoms with Gasteiger partial charge >= 0.3 is 0 Å². The lowest BCUT2D eigenvalue weighted by atomic mass is 10.1. The second-order valence-electron chi connectivity index (χ2n) is 5.78. The van der Waals surface area contributed by atoms with Crippen molar-refractivity contribution in [3.63, 3.8) is 0 Å². The summed E-state index contributed by atoms with van der Waals surface area (Å²) in [5.74, 6) is -1.37. The van der Waals surface area contributed by atoms with Crippen molar-refractivity contribution in [2.75, 3.05) is 0 Å². The summed E-state index contributed by atoms with van der Waals surface area (Å²) in [5, 5.41) is 3.09. The van der Waals surface area contributed by atoms with E-state index in [1.54, 1.807) is 31.2 Å². The zero-order valence-electron chi connectivity index (χ0n) is 13.8. The van der Waals surface area contributed by atoms with E-state index < -0.39 is 11.7 Å². The molecule has 1 aromatic heterocycles. The van der Waals surface area contributed by atoms with Crippen molar-refractivity contribution in [1.82, 2.24) is 10.3 Å². The fourth-order valence-electron chi connectivity index (χ4n) is 2.55. The smallest absolute Gasteiger partial charge is 0.251 e. The molecule has 26 heavy (non-hydrogen) atoms. The maximum Gasteiger partial charge on any atom is 0.251 e. The van der Waals surface area contributed by atoms with Crippen LogP contribution in [0.15, 0.2) is 60.8 Å². The number of amides is 1. The standard InChI is InChI=1S/C20H15ClF2N2O/c1-12(13-4-7-15(22)8-5-13)25-20(26)14-6-9-16(18(23)11-14)19-17(21)3-2-10-24-19/h2-12H,1H3,(H,25,26). The van der Waals surface area contributed by atoms with Gasteiger partial charge in [-0.1, -0.05) is 23.7 Å². The first-order chi connectivity index (χ1) is 12.5. The quantitative estimate of drug-likeness (QED) is 0.686. The van der Waals surface area contributed by atoms with E-state index in [4.69, 9.17) is 11.6 Å². The van der Waals surface area contributed by atoms with Crippen LogP contribution in [0.5, 0.6) is 0 Å². The molecule has 0 radical (unpaired) electrons. The van der Waals surface area contributed by atoms with Crippen LogP contribution in [0.25, 0.3) is 11.3 Å². The number of rotatable bonds is 4. The fraction of sp³-hybridized carbons (Fsp3) is 0.100. The second-order valence-corrected chi connectivity index (χ2v) is 6.18. The Kier molecular flexibility index (Phi) is 5.28. The van der Waals surface area contributed by atoms with Crippen molar-refractivity contribution in [2.24, 2.45) is 0 Å². The second kappa shape index (κ2) is 7.62. The Hall–Kier alpha value is -2.79. The molecule has 0 fully saturated rings. The molecule has 0 aliphatic heterocycles. The van der Waals surface area contributed by atoms with Crippen molar-refractivity contribution in [3.8, 4) is 11.3 Å². The number of pyridine rings is 1. The van der Waals surface area contributed by atoms with Gasteiger partial charge in [-0.2, -0.15) is 0 Å². The Morgan fingerprint density at radius 1 is 1.12 bits per heavy atom. The van der Waals surface area contributed by atoms with E-state index >= 15 is 0 Å². The third-order valence-electron chi connectivity index (χ3n) is 3.96. The van der Waals surface area contributed by atoms with Crippen LogP contribution in [0, 0.1) is 11.6 Å². The van der Waals surface area contributed by atoms with Gasteiger partial charge in [0.05, 0.1) is 16.8 Å². The van der Waals surface area contributed by atoms with Crippen LogP contribution in [0.4, 0.5) is 8.78 Å². The summed E-state index contributed by atoms with van der Waals surface area (Å²) in [4.78, 5) is 16.4. The molecule has 0 bridgehead atoms. The van der Waals surface area contributed by atoms with Crippen molar-refractivity contribution < 1.29 is 13.6 Å². The van der Waals surface area contributed by atoms with Crippen LogP contribution in [0.2, 0.25) is 5.02 Å². The number of nitrogens with zero attached hydrogens (tertiary/aromatic N) is 1. The third kappa shape index (κ3) is 3.89. The van der Waals surface area contributed by atoms with Gasteiger partial charge in [0.15, 0.2) is 0 Å². The molecule has 0 aliphatic rings. The predicted molar refractivity (Wildman–Crippen MR) is 96.9 cm³/mol. The minimum absolute atomic E-state index is 0.173. The van der Waals surface area contributed by atoms with Gasteiger partial charge < -0.3 is 5.32 Å². The summed E-state index contributed by atoms with van der Waals surface area (Å²) < 4.78 is 27.4. The minimum atomic E-state index is -0.590. The Morgan fingerprint density at radius 3 is 2.50 bits per heavy atom. The van der Waals surface area contributed by atoms with Crippen LogP contribution in [0.3, 0.4) is 0 Å². The molecule has 2 aromatic carbocycles. The van der Waals surface area contributed by atoms with Crippen molar-refractivity contribution in [2.45, 2.75) is 13.0 Å². The number of halogens is 3. The first kappa shape index (κ1) is 18.0. The molecule has 1 atom stereocenters. The lowest BCUT2D eigenvalue weighted by Crippen LogP contribution is -2.26. The molecule has 0 saturated heterocycles. The minimum Gasteiger partial charge on any atom is -0.346 e. The van der Waals surface area contributed by atoms with E-state index in [1.807, 2.05) is 0 Å². The number of hydrogen-bond donors (Lipinski definition) is 1. The molecule has 1 N–H and O–H groups in total. The molecule has 0 saturated carbocycles. The van der Waals surface area contributed by atoms with E-state index in [1.165, 1.54) is 30.5 Å². The molecule has 3 rings (SSSR count). The summed E-state index contributed by atoms with van der Waals surface area (Å²) >= 11 is 6.05. The van der Waals surface area contributed by atoms with Gasteiger partial charge in [-0.15, -0.1) is 0 Å². The predicted octanol–water partition coefficient (Wildman–Crippen LogP) is 5.17. The number of benzene rings is 2. The normalized spacial score (nSPS) is 11.8. The van der Waals surface area contributed by atoms with Gasteiger partial charge in [0, 0.05) is 17.3 Å². The molecule has 0 spiro atoms. The van der Waals surface area contributed by atoms with Crippen LogP contribution >= 0.6 is 11.6 Å². The van der Waals surface area contributed by atoms with Gasteiger partial charge in [0.2, 0.25) is 0 Å². The lowest BCUT2D eigenvalue weighted by Gasteiger charge is -2.15. The Labute approximate surface area is 154 Å². The molecule has 132 valence electrons. The van der Waals surface area contributed by atoms with E-state index in [2.05, 4.69) is 10.3 Å². The van der Waals surface area contributed by atoms with Crippen LogP contribution in [-0.2, 0) is 0 Å². The van der Waals surface area contributed by atoms with Gasteiger partial charge in [0.25, 0.3) is 5.91 Å². The first-order valence-electron chi connectivity index (χ1n) is 7.92. The molecule has 1 unspecified atom stereocenters. The summed E-state index contributed by atoms with van der Waals surface area (Å²) in [6.45, 7) is 1.77. The van der Waals surface area contributed by atoms with Gasteiger partial charge in [-0.3, -0.25) is 9.78 Å².